The summed E-state index contributed by atoms with van der Waals surface area (Å²) in [7, 11) is 0. The molecule has 2 aromatic rings. The van der Waals surface area contributed by atoms with Crippen molar-refractivity contribution in [2.75, 3.05) is 6.61 Å². The third kappa shape index (κ3) is 7.26. The van der Waals surface area contributed by atoms with Gasteiger partial charge >= 0.3 is 0 Å². The van der Waals surface area contributed by atoms with Gasteiger partial charge < -0.3 is 15.0 Å². The molecule has 0 saturated heterocycles. The SMILES string of the molecule is CC[C@@H](C(=O)NC(C)(C)C)N(Cc1ccccc1)C(=O)COc1ccc(C)cc1. The highest BCUT2D eigenvalue weighted by molar-refractivity contribution is 5.88. The van der Waals surface area contributed by atoms with Crippen LogP contribution >= 0.6 is 0 Å². The second-order valence-corrected chi connectivity index (χ2v) is 8.27. The number of hydrogen-bond acceptors (Lipinski definition) is 3. The van der Waals surface area contributed by atoms with Crippen LogP contribution in [-0.4, -0.2) is 34.9 Å². The van der Waals surface area contributed by atoms with Crippen molar-refractivity contribution in [3.05, 3.63) is 65.7 Å². The Morgan fingerprint density at radius 1 is 1.03 bits per heavy atom. The normalized spacial score (nSPS) is 12.2. The standard InChI is InChI=1S/C24H32N2O3/c1-6-21(23(28)25-24(3,4)5)26(16-19-10-8-7-9-11-19)22(27)17-29-20-14-12-18(2)13-15-20/h7-15,21H,6,16-17H2,1-5H3,(H,25,28)/t21-/m0/s1. The molecule has 0 heterocycles. The summed E-state index contributed by atoms with van der Waals surface area (Å²) in [6, 6.07) is 16.7. The molecular weight excluding hydrogens is 364 g/mol. The van der Waals surface area contributed by atoms with E-state index in [4.69, 9.17) is 4.74 Å². The Labute approximate surface area is 174 Å². The minimum atomic E-state index is -0.566. The van der Waals surface area contributed by atoms with Crippen molar-refractivity contribution in [2.45, 2.75) is 59.2 Å². The summed E-state index contributed by atoms with van der Waals surface area (Å²) in [6.45, 7) is 9.95. The monoisotopic (exact) mass is 396 g/mol. The van der Waals surface area contributed by atoms with Gasteiger partial charge in [0.05, 0.1) is 0 Å². The molecule has 0 fully saturated rings. The molecule has 2 amide bonds. The van der Waals surface area contributed by atoms with Crippen LogP contribution in [0.15, 0.2) is 54.6 Å². The molecule has 0 saturated carbocycles. The number of nitrogens with one attached hydrogen (secondary N) is 1. The van der Waals surface area contributed by atoms with E-state index in [-0.39, 0.29) is 24.0 Å². The summed E-state index contributed by atoms with van der Waals surface area (Å²) < 4.78 is 5.69. The lowest BCUT2D eigenvalue weighted by molar-refractivity contribution is -0.143. The van der Waals surface area contributed by atoms with Gasteiger partial charge in [0.15, 0.2) is 6.61 Å². The highest BCUT2D eigenvalue weighted by Crippen LogP contribution is 2.16. The first kappa shape index (κ1) is 22.5. The van der Waals surface area contributed by atoms with Crippen LogP contribution in [0.1, 0.15) is 45.2 Å². The van der Waals surface area contributed by atoms with Crippen molar-refractivity contribution in [3.63, 3.8) is 0 Å². The van der Waals surface area contributed by atoms with Gasteiger partial charge in [0.1, 0.15) is 11.8 Å². The Morgan fingerprint density at radius 2 is 1.66 bits per heavy atom. The molecule has 0 unspecified atom stereocenters. The zero-order valence-corrected chi connectivity index (χ0v) is 18.1. The van der Waals surface area contributed by atoms with E-state index in [0.717, 1.165) is 11.1 Å². The molecule has 5 heteroatoms. The minimum Gasteiger partial charge on any atom is -0.484 e. The van der Waals surface area contributed by atoms with Crippen LogP contribution in [0.2, 0.25) is 0 Å². The van der Waals surface area contributed by atoms with E-state index in [1.807, 2.05) is 89.2 Å². The van der Waals surface area contributed by atoms with Crippen LogP contribution in [-0.2, 0) is 16.1 Å². The molecular formula is C24H32N2O3. The first-order valence-corrected chi connectivity index (χ1v) is 10.0. The molecule has 0 aliphatic carbocycles. The molecule has 1 atom stereocenters. The summed E-state index contributed by atoms with van der Waals surface area (Å²) in [5.41, 5.74) is 1.72. The maximum Gasteiger partial charge on any atom is 0.261 e. The number of nitrogens with zero attached hydrogens (tertiary/aromatic N) is 1. The highest BCUT2D eigenvalue weighted by atomic mass is 16.5. The number of benzene rings is 2. The Balaban J connectivity index is 2.19. The smallest absolute Gasteiger partial charge is 0.261 e. The van der Waals surface area contributed by atoms with Gasteiger partial charge in [-0.15, -0.1) is 0 Å². The molecule has 29 heavy (non-hydrogen) atoms. The fraction of sp³-hybridized carbons (Fsp3) is 0.417. The molecule has 1 N–H and O–H groups in total. The van der Waals surface area contributed by atoms with Gasteiger partial charge in [-0.3, -0.25) is 9.59 Å². The number of amides is 2. The van der Waals surface area contributed by atoms with Crippen LogP contribution in [0.3, 0.4) is 0 Å². The van der Waals surface area contributed by atoms with E-state index < -0.39 is 6.04 Å². The van der Waals surface area contributed by atoms with Crippen molar-refractivity contribution in [2.24, 2.45) is 0 Å². The molecule has 0 aromatic heterocycles. The van der Waals surface area contributed by atoms with Crippen molar-refractivity contribution in [1.82, 2.24) is 10.2 Å². The van der Waals surface area contributed by atoms with Crippen molar-refractivity contribution >= 4 is 11.8 Å². The maximum absolute atomic E-state index is 13.1. The van der Waals surface area contributed by atoms with Gasteiger partial charge in [0.2, 0.25) is 5.91 Å². The molecule has 156 valence electrons. The predicted octanol–water partition coefficient (Wildman–Crippen LogP) is 4.10. The maximum atomic E-state index is 13.1. The lowest BCUT2D eigenvalue weighted by Crippen LogP contribution is -2.54. The Hall–Kier alpha value is -2.82. The van der Waals surface area contributed by atoms with Gasteiger partial charge in [-0.2, -0.15) is 0 Å². The van der Waals surface area contributed by atoms with Crippen molar-refractivity contribution in [3.8, 4) is 5.75 Å². The highest BCUT2D eigenvalue weighted by Gasteiger charge is 2.30. The quantitative estimate of drug-likeness (QED) is 0.731. The summed E-state index contributed by atoms with van der Waals surface area (Å²) in [5.74, 6) is 0.265. The van der Waals surface area contributed by atoms with E-state index in [9.17, 15) is 9.59 Å². The first-order chi connectivity index (χ1) is 13.7. The summed E-state index contributed by atoms with van der Waals surface area (Å²) in [6.07, 6.45) is 0.519. The number of aryl methyl sites for hydroxylation is 1. The van der Waals surface area contributed by atoms with Gasteiger partial charge in [-0.05, 0) is 51.8 Å². The minimum absolute atomic E-state index is 0.116. The number of carbonyl (C=O) groups excluding carboxylic acids is 2. The average molecular weight is 397 g/mol. The summed E-state index contributed by atoms with van der Waals surface area (Å²) >= 11 is 0. The fourth-order valence-electron chi connectivity index (χ4n) is 3.02. The summed E-state index contributed by atoms with van der Waals surface area (Å²) in [5, 5.41) is 3.00. The number of rotatable bonds is 8. The van der Waals surface area contributed by atoms with Gasteiger partial charge in [0, 0.05) is 12.1 Å². The van der Waals surface area contributed by atoms with Gasteiger partial charge in [-0.1, -0.05) is 55.0 Å². The van der Waals surface area contributed by atoms with Crippen molar-refractivity contribution in [1.29, 1.82) is 0 Å². The third-order valence-corrected chi connectivity index (χ3v) is 4.46. The first-order valence-electron chi connectivity index (χ1n) is 10.0. The van der Waals surface area contributed by atoms with E-state index in [1.165, 1.54) is 0 Å². The molecule has 0 radical (unpaired) electrons. The molecule has 0 aliphatic rings. The number of carbonyl (C=O) groups is 2. The molecule has 2 rings (SSSR count). The van der Waals surface area contributed by atoms with Gasteiger partial charge in [-0.25, -0.2) is 0 Å². The predicted molar refractivity (Wildman–Crippen MR) is 116 cm³/mol. The number of ether oxygens (including phenoxy) is 1. The second-order valence-electron chi connectivity index (χ2n) is 8.27. The molecule has 0 bridgehead atoms. The lowest BCUT2D eigenvalue weighted by Gasteiger charge is -2.33. The topological polar surface area (TPSA) is 58.6 Å². The fourth-order valence-corrected chi connectivity index (χ4v) is 3.02. The van der Waals surface area contributed by atoms with Crippen LogP contribution < -0.4 is 10.1 Å². The molecule has 0 spiro atoms. The van der Waals surface area contributed by atoms with Crippen LogP contribution in [0.25, 0.3) is 0 Å². The van der Waals surface area contributed by atoms with Gasteiger partial charge in [0.25, 0.3) is 5.91 Å². The van der Waals surface area contributed by atoms with E-state index in [0.29, 0.717) is 18.7 Å². The average Bonchev–Trinajstić information content (AvgIpc) is 2.66. The van der Waals surface area contributed by atoms with Crippen LogP contribution in [0.4, 0.5) is 0 Å². The summed E-state index contributed by atoms with van der Waals surface area (Å²) in [4.78, 5) is 27.6. The molecule has 0 aliphatic heterocycles. The largest absolute Gasteiger partial charge is 0.484 e. The zero-order chi connectivity index (χ0) is 21.4. The van der Waals surface area contributed by atoms with E-state index >= 15 is 0 Å². The van der Waals surface area contributed by atoms with Crippen LogP contribution in [0.5, 0.6) is 5.75 Å². The Morgan fingerprint density at radius 3 is 2.21 bits per heavy atom. The molecule has 5 nitrogen and oxygen atoms in total. The van der Waals surface area contributed by atoms with E-state index in [2.05, 4.69) is 5.32 Å². The Kier molecular flexibility index (Phi) is 7.82. The van der Waals surface area contributed by atoms with Crippen LogP contribution in [0, 0.1) is 6.92 Å². The Bertz CT molecular complexity index is 795. The number of hydrogen-bond donors (Lipinski definition) is 1. The second kappa shape index (κ2) is 10.1. The van der Waals surface area contributed by atoms with E-state index in [1.54, 1.807) is 4.90 Å². The van der Waals surface area contributed by atoms with Crippen molar-refractivity contribution < 1.29 is 14.3 Å². The molecule has 2 aromatic carbocycles. The zero-order valence-electron chi connectivity index (χ0n) is 18.1. The lowest BCUT2D eigenvalue weighted by atomic mass is 10.1. The third-order valence-electron chi connectivity index (χ3n) is 4.46.